The van der Waals surface area contributed by atoms with Crippen molar-refractivity contribution >= 4 is 10.9 Å². The molecule has 0 aromatic carbocycles. The average Bonchev–Trinajstić information content (AvgIpc) is 3.40. The summed E-state index contributed by atoms with van der Waals surface area (Å²) in [4.78, 5) is 9.36. The fourth-order valence-electron chi connectivity index (χ4n) is 4.36. The van der Waals surface area contributed by atoms with Gasteiger partial charge in [0.2, 0.25) is 0 Å². The maximum Gasteiger partial charge on any atom is 0.112 e. The molecule has 1 N–H and O–H groups in total. The van der Waals surface area contributed by atoms with E-state index >= 15 is 0 Å². The zero-order valence-electron chi connectivity index (χ0n) is 16.4. The Balaban J connectivity index is 1.66. The number of H-pyrrole nitrogens is 1. The van der Waals surface area contributed by atoms with Gasteiger partial charge >= 0.3 is 0 Å². The molecule has 0 aliphatic heterocycles. The lowest BCUT2D eigenvalue weighted by molar-refractivity contribution is 0.0859. The summed E-state index contributed by atoms with van der Waals surface area (Å²) in [6.45, 7) is 1.98. The van der Waals surface area contributed by atoms with Gasteiger partial charge in [-0.2, -0.15) is 20.7 Å². The van der Waals surface area contributed by atoms with Crippen LogP contribution in [0.25, 0.3) is 33.7 Å². The molecule has 4 heterocycles. The molecule has 1 aliphatic carbocycles. The highest BCUT2D eigenvalue weighted by molar-refractivity contribution is 5.93. The Labute approximate surface area is 172 Å². The molecule has 1 saturated carbocycles. The molecule has 0 atom stereocenters. The van der Waals surface area contributed by atoms with Crippen LogP contribution in [0.1, 0.15) is 25.0 Å². The van der Waals surface area contributed by atoms with Gasteiger partial charge in [-0.15, -0.1) is 0 Å². The minimum absolute atomic E-state index is 0.0310. The molecular formula is C22H18N8. The molecular weight excluding hydrogens is 376 g/mol. The van der Waals surface area contributed by atoms with Gasteiger partial charge in [0.05, 0.1) is 41.2 Å². The number of aromatic amines is 1. The van der Waals surface area contributed by atoms with Crippen LogP contribution in [-0.4, -0.2) is 29.9 Å². The number of hydrogen-bond acceptors (Lipinski definition) is 6. The zero-order chi connectivity index (χ0) is 20.7. The van der Waals surface area contributed by atoms with Gasteiger partial charge in [0, 0.05) is 23.5 Å². The third-order valence-corrected chi connectivity index (χ3v) is 5.79. The van der Waals surface area contributed by atoms with Crippen LogP contribution in [0.15, 0.2) is 42.7 Å². The number of rotatable bonds is 4. The summed E-state index contributed by atoms with van der Waals surface area (Å²) in [5.41, 5.74) is 4.23. The second kappa shape index (κ2) is 6.78. The van der Waals surface area contributed by atoms with Gasteiger partial charge in [0.25, 0.3) is 0 Å². The minimum atomic E-state index is -0.425. The van der Waals surface area contributed by atoms with Gasteiger partial charge < -0.3 is 0 Å². The summed E-state index contributed by atoms with van der Waals surface area (Å²) in [6, 6.07) is 14.2. The maximum absolute atomic E-state index is 9.38. The van der Waals surface area contributed by atoms with Gasteiger partial charge in [0.15, 0.2) is 0 Å². The number of nitrogens with zero attached hydrogens (tertiary/aromatic N) is 7. The fraction of sp³-hybridized carbons (Fsp3) is 0.273. The number of nitrogens with one attached hydrogen (secondary N) is 1. The van der Waals surface area contributed by atoms with Crippen LogP contribution in [0.4, 0.5) is 0 Å². The van der Waals surface area contributed by atoms with Gasteiger partial charge in [-0.1, -0.05) is 0 Å². The van der Waals surface area contributed by atoms with Crippen molar-refractivity contribution in [3.8, 4) is 34.9 Å². The Morgan fingerprint density at radius 1 is 1.20 bits per heavy atom. The van der Waals surface area contributed by atoms with E-state index < -0.39 is 5.54 Å². The fourth-order valence-corrected chi connectivity index (χ4v) is 4.36. The van der Waals surface area contributed by atoms with Crippen LogP contribution in [0.3, 0.4) is 0 Å². The lowest BCUT2D eigenvalue weighted by Crippen LogP contribution is -2.46. The lowest BCUT2D eigenvalue weighted by atomic mass is 9.67. The number of aryl methyl sites for hydroxylation is 1. The molecule has 4 aromatic heterocycles. The molecule has 8 nitrogen and oxygen atoms in total. The molecule has 4 aromatic rings. The highest BCUT2D eigenvalue weighted by atomic mass is 15.3. The van der Waals surface area contributed by atoms with E-state index in [-0.39, 0.29) is 5.92 Å². The third-order valence-electron chi connectivity index (χ3n) is 5.79. The summed E-state index contributed by atoms with van der Waals surface area (Å²) >= 11 is 0. The van der Waals surface area contributed by atoms with E-state index in [9.17, 15) is 10.5 Å². The number of hydrogen-bond donors (Lipinski definition) is 1. The zero-order valence-corrected chi connectivity index (χ0v) is 16.4. The molecule has 1 aliphatic rings. The quantitative estimate of drug-likeness (QED) is 0.563. The largest absolute Gasteiger partial charge is 0.285 e. The van der Waals surface area contributed by atoms with E-state index in [0.717, 1.165) is 33.7 Å². The normalized spacial score (nSPS) is 20.4. The standard InChI is InChI=1S/C22H18N8/c1-14-9-20(29-30(14)22(5-6-23)11-15(12-22)13-24)21-16-3-2-7-25-18(16)10-19(27-21)17-4-8-26-28-17/h2-4,7-10,15H,5,11-12H2,1H3,(H,26,28). The van der Waals surface area contributed by atoms with Gasteiger partial charge in [-0.3, -0.25) is 14.8 Å². The number of nitriles is 2. The Kier molecular flexibility index (Phi) is 4.07. The molecule has 0 bridgehead atoms. The van der Waals surface area contributed by atoms with E-state index in [4.69, 9.17) is 10.1 Å². The van der Waals surface area contributed by atoms with Crippen molar-refractivity contribution in [3.05, 3.63) is 48.4 Å². The Morgan fingerprint density at radius 2 is 2.07 bits per heavy atom. The van der Waals surface area contributed by atoms with Crippen LogP contribution >= 0.6 is 0 Å². The first-order valence-electron chi connectivity index (χ1n) is 9.73. The first kappa shape index (κ1) is 18.0. The summed E-state index contributed by atoms with van der Waals surface area (Å²) in [7, 11) is 0. The molecule has 0 saturated heterocycles. The Hall–Kier alpha value is -4.04. The molecule has 5 rings (SSSR count). The van der Waals surface area contributed by atoms with E-state index in [2.05, 4.69) is 27.3 Å². The van der Waals surface area contributed by atoms with Crippen molar-refractivity contribution < 1.29 is 0 Å². The monoisotopic (exact) mass is 394 g/mol. The van der Waals surface area contributed by atoms with E-state index in [1.54, 1.807) is 12.4 Å². The van der Waals surface area contributed by atoms with Crippen LogP contribution < -0.4 is 0 Å². The minimum Gasteiger partial charge on any atom is -0.285 e. The molecule has 0 unspecified atom stereocenters. The summed E-state index contributed by atoms with van der Waals surface area (Å²) in [6.07, 6.45) is 5.12. The van der Waals surface area contributed by atoms with Crippen molar-refractivity contribution in [1.29, 1.82) is 10.5 Å². The summed E-state index contributed by atoms with van der Waals surface area (Å²) in [5.74, 6) is -0.0310. The summed E-state index contributed by atoms with van der Waals surface area (Å²) < 4.78 is 1.92. The molecule has 0 radical (unpaired) electrons. The predicted molar refractivity (Wildman–Crippen MR) is 110 cm³/mol. The van der Waals surface area contributed by atoms with Crippen molar-refractivity contribution in [2.75, 3.05) is 0 Å². The number of fused-ring (bicyclic) bond motifs is 1. The molecule has 0 spiro atoms. The van der Waals surface area contributed by atoms with Crippen LogP contribution in [0, 0.1) is 35.5 Å². The lowest BCUT2D eigenvalue weighted by Gasteiger charge is -2.44. The molecule has 30 heavy (non-hydrogen) atoms. The topological polar surface area (TPSA) is 120 Å². The highest BCUT2D eigenvalue weighted by Gasteiger charge is 2.47. The number of pyridine rings is 2. The predicted octanol–water partition coefficient (Wildman–Crippen LogP) is 3.73. The van der Waals surface area contributed by atoms with Crippen molar-refractivity contribution in [3.63, 3.8) is 0 Å². The van der Waals surface area contributed by atoms with Gasteiger partial charge in [0.1, 0.15) is 17.1 Å². The first-order valence-corrected chi connectivity index (χ1v) is 9.73. The molecule has 0 amide bonds. The van der Waals surface area contributed by atoms with Gasteiger partial charge in [-0.05, 0) is 50.1 Å². The molecule has 1 fully saturated rings. The van der Waals surface area contributed by atoms with Crippen LogP contribution in [0.5, 0.6) is 0 Å². The first-order chi connectivity index (χ1) is 14.6. The Bertz CT molecular complexity index is 1310. The molecule has 146 valence electrons. The van der Waals surface area contributed by atoms with Crippen molar-refractivity contribution in [2.24, 2.45) is 5.92 Å². The van der Waals surface area contributed by atoms with Crippen LogP contribution in [-0.2, 0) is 5.54 Å². The smallest absolute Gasteiger partial charge is 0.112 e. The Morgan fingerprint density at radius 3 is 2.80 bits per heavy atom. The molecule has 8 heteroatoms. The van der Waals surface area contributed by atoms with E-state index in [0.29, 0.717) is 25.0 Å². The van der Waals surface area contributed by atoms with Gasteiger partial charge in [-0.25, -0.2) is 4.98 Å². The van der Waals surface area contributed by atoms with Crippen molar-refractivity contribution in [1.82, 2.24) is 29.9 Å². The average molecular weight is 394 g/mol. The van der Waals surface area contributed by atoms with Crippen LogP contribution in [0.2, 0.25) is 0 Å². The van der Waals surface area contributed by atoms with E-state index in [1.807, 2.05) is 41.9 Å². The second-order valence-electron chi connectivity index (χ2n) is 7.76. The van der Waals surface area contributed by atoms with E-state index in [1.165, 1.54) is 0 Å². The third kappa shape index (κ3) is 2.73. The maximum atomic E-state index is 9.38. The number of aromatic nitrogens is 6. The second-order valence-corrected chi connectivity index (χ2v) is 7.76. The summed E-state index contributed by atoms with van der Waals surface area (Å²) in [5, 5.41) is 31.5. The van der Waals surface area contributed by atoms with Crippen molar-refractivity contribution in [2.45, 2.75) is 31.7 Å². The SMILES string of the molecule is Cc1cc(-c2nc(-c3cc[nH]n3)cc3ncccc23)nn1C1(CC#N)CC(C#N)C1. The highest BCUT2D eigenvalue weighted by Crippen LogP contribution is 2.47.